The number of benzene rings is 1. The zero-order valence-corrected chi connectivity index (χ0v) is 20.0. The van der Waals surface area contributed by atoms with Crippen LogP contribution in [0.2, 0.25) is 0 Å². The van der Waals surface area contributed by atoms with Crippen molar-refractivity contribution in [2.24, 2.45) is 10.9 Å². The fraction of sp³-hybridized carbons (Fsp3) is 0.500. The second-order valence-electron chi connectivity index (χ2n) is 7.48. The van der Waals surface area contributed by atoms with E-state index < -0.39 is 0 Å². The van der Waals surface area contributed by atoms with Crippen molar-refractivity contribution in [3.8, 4) is 0 Å². The minimum Gasteiger partial charge on any atom is -0.468 e. The van der Waals surface area contributed by atoms with Gasteiger partial charge in [-0.3, -0.25) is 9.89 Å². The zero-order chi connectivity index (χ0) is 19.8. The molecule has 0 aliphatic carbocycles. The molecular weight excluding hydrogens is 479 g/mol. The number of nitrogens with zero attached hydrogens (tertiary/aromatic N) is 3. The van der Waals surface area contributed by atoms with E-state index in [0.29, 0.717) is 5.92 Å². The van der Waals surface area contributed by atoms with Crippen LogP contribution in [0.4, 0.5) is 0 Å². The quantitative estimate of drug-likeness (QED) is 0.333. The summed E-state index contributed by atoms with van der Waals surface area (Å²) in [6.07, 6.45) is 2.88. The molecule has 0 spiro atoms. The highest BCUT2D eigenvalue weighted by atomic mass is 127. The Hall–Kier alpha value is -1.58. The molecule has 2 heterocycles. The lowest BCUT2D eigenvalue weighted by Gasteiger charge is -2.23. The summed E-state index contributed by atoms with van der Waals surface area (Å²) < 4.78 is 10.8. The van der Waals surface area contributed by atoms with Crippen molar-refractivity contribution in [2.45, 2.75) is 26.1 Å². The Morgan fingerprint density at radius 2 is 2.03 bits per heavy atom. The van der Waals surface area contributed by atoms with Crippen LogP contribution in [-0.2, 0) is 24.4 Å². The average Bonchev–Trinajstić information content (AvgIpc) is 3.36. The smallest absolute Gasteiger partial charge is 0.193 e. The molecule has 1 aromatic carbocycles. The number of nitrogens with one attached hydrogen (secondary N) is 1. The maximum absolute atomic E-state index is 5.46. The Balaban J connectivity index is 0.00000300. The highest BCUT2D eigenvalue weighted by Gasteiger charge is 2.24. The molecule has 1 aliphatic heterocycles. The molecule has 0 radical (unpaired) electrons. The number of aliphatic imine (C=N–C) groups is 1. The van der Waals surface area contributed by atoms with Crippen molar-refractivity contribution in [3.05, 3.63) is 59.5 Å². The number of rotatable bonds is 8. The average molecular weight is 512 g/mol. The van der Waals surface area contributed by atoms with Crippen molar-refractivity contribution in [1.29, 1.82) is 0 Å². The van der Waals surface area contributed by atoms with Crippen LogP contribution in [0, 0.1) is 5.92 Å². The fourth-order valence-electron chi connectivity index (χ4n) is 3.80. The van der Waals surface area contributed by atoms with Crippen molar-refractivity contribution in [1.82, 2.24) is 15.1 Å². The fourth-order valence-corrected chi connectivity index (χ4v) is 3.80. The molecule has 1 atom stereocenters. The molecule has 1 aromatic heterocycles. The Labute approximate surface area is 191 Å². The van der Waals surface area contributed by atoms with Gasteiger partial charge in [0, 0.05) is 46.3 Å². The van der Waals surface area contributed by atoms with E-state index in [1.807, 2.05) is 19.2 Å². The van der Waals surface area contributed by atoms with Gasteiger partial charge in [0.05, 0.1) is 19.4 Å². The number of halogens is 1. The second-order valence-corrected chi connectivity index (χ2v) is 7.48. The lowest BCUT2D eigenvalue weighted by atomic mass is 10.1. The van der Waals surface area contributed by atoms with Crippen LogP contribution < -0.4 is 5.32 Å². The molecule has 7 heteroatoms. The molecule has 6 nitrogen and oxygen atoms in total. The van der Waals surface area contributed by atoms with E-state index >= 15 is 0 Å². The molecule has 29 heavy (non-hydrogen) atoms. The summed E-state index contributed by atoms with van der Waals surface area (Å²) in [7, 11) is 5.75. The minimum absolute atomic E-state index is 0. The van der Waals surface area contributed by atoms with E-state index in [9.17, 15) is 0 Å². The summed E-state index contributed by atoms with van der Waals surface area (Å²) in [5, 5.41) is 3.55. The first kappa shape index (κ1) is 23.7. The molecule has 1 fully saturated rings. The molecule has 1 unspecified atom stereocenters. The largest absolute Gasteiger partial charge is 0.468 e. The van der Waals surface area contributed by atoms with E-state index in [1.54, 1.807) is 13.4 Å². The Morgan fingerprint density at radius 3 is 2.72 bits per heavy atom. The van der Waals surface area contributed by atoms with Crippen molar-refractivity contribution >= 4 is 29.9 Å². The zero-order valence-electron chi connectivity index (χ0n) is 17.6. The number of methoxy groups -OCH3 is 1. The highest BCUT2D eigenvalue weighted by Crippen LogP contribution is 2.17. The number of hydrogen-bond acceptors (Lipinski definition) is 4. The van der Waals surface area contributed by atoms with Gasteiger partial charge in [-0.05, 0) is 36.7 Å². The highest BCUT2D eigenvalue weighted by molar-refractivity contribution is 14.0. The van der Waals surface area contributed by atoms with E-state index in [2.05, 4.69) is 51.4 Å². The van der Waals surface area contributed by atoms with Gasteiger partial charge < -0.3 is 19.4 Å². The molecule has 3 rings (SSSR count). The van der Waals surface area contributed by atoms with Crippen LogP contribution in [0.3, 0.4) is 0 Å². The van der Waals surface area contributed by atoms with Crippen LogP contribution in [0.5, 0.6) is 0 Å². The summed E-state index contributed by atoms with van der Waals surface area (Å²) in [4.78, 5) is 9.08. The summed E-state index contributed by atoms with van der Waals surface area (Å²) >= 11 is 0. The van der Waals surface area contributed by atoms with Gasteiger partial charge in [-0.15, -0.1) is 24.0 Å². The molecule has 0 saturated carbocycles. The van der Waals surface area contributed by atoms with Gasteiger partial charge in [0.2, 0.25) is 0 Å². The molecule has 0 amide bonds. The molecular formula is C22H33IN4O2. The van der Waals surface area contributed by atoms with E-state index in [4.69, 9.17) is 9.15 Å². The van der Waals surface area contributed by atoms with Crippen LogP contribution in [0.25, 0.3) is 0 Å². The number of guanidine groups is 1. The normalized spacial score (nSPS) is 16.9. The molecule has 0 bridgehead atoms. The van der Waals surface area contributed by atoms with Gasteiger partial charge >= 0.3 is 0 Å². The third-order valence-corrected chi connectivity index (χ3v) is 5.20. The van der Waals surface area contributed by atoms with E-state index in [1.165, 1.54) is 11.1 Å². The molecule has 1 aliphatic rings. The SMILES string of the molecule is CN=C(NCc1ccccc1CN(C)Cc1ccco1)N1CCC(COC)C1.I. The summed E-state index contributed by atoms with van der Waals surface area (Å²) in [5.41, 5.74) is 2.61. The monoisotopic (exact) mass is 512 g/mol. The number of furan rings is 1. The number of likely N-dealkylation sites (tertiary alicyclic amines) is 1. The first-order valence-corrected chi connectivity index (χ1v) is 9.91. The molecule has 1 saturated heterocycles. The first-order chi connectivity index (χ1) is 13.7. The van der Waals surface area contributed by atoms with Crippen LogP contribution in [0.15, 0.2) is 52.1 Å². The summed E-state index contributed by atoms with van der Waals surface area (Å²) in [5.74, 6) is 2.54. The van der Waals surface area contributed by atoms with E-state index in [-0.39, 0.29) is 24.0 Å². The first-order valence-electron chi connectivity index (χ1n) is 9.91. The topological polar surface area (TPSA) is 53.2 Å². The van der Waals surface area contributed by atoms with Crippen molar-refractivity contribution < 1.29 is 9.15 Å². The van der Waals surface area contributed by atoms with Crippen molar-refractivity contribution in [2.75, 3.05) is 40.9 Å². The second kappa shape index (κ2) is 12.2. The van der Waals surface area contributed by atoms with Crippen LogP contribution >= 0.6 is 24.0 Å². The predicted molar refractivity (Wildman–Crippen MR) is 127 cm³/mol. The lowest BCUT2D eigenvalue weighted by Crippen LogP contribution is -2.40. The third-order valence-electron chi connectivity index (χ3n) is 5.20. The van der Waals surface area contributed by atoms with Crippen LogP contribution in [0.1, 0.15) is 23.3 Å². The van der Waals surface area contributed by atoms with Gasteiger partial charge in [-0.25, -0.2) is 0 Å². The maximum Gasteiger partial charge on any atom is 0.193 e. The van der Waals surface area contributed by atoms with Gasteiger partial charge in [0.1, 0.15) is 5.76 Å². The minimum atomic E-state index is 0. The lowest BCUT2D eigenvalue weighted by molar-refractivity contribution is 0.157. The van der Waals surface area contributed by atoms with Gasteiger partial charge in [-0.2, -0.15) is 0 Å². The van der Waals surface area contributed by atoms with Crippen LogP contribution in [-0.4, -0.2) is 56.7 Å². The molecule has 160 valence electrons. The predicted octanol–water partition coefficient (Wildman–Crippen LogP) is 3.57. The third kappa shape index (κ3) is 7.01. The molecule has 2 aromatic rings. The van der Waals surface area contributed by atoms with Gasteiger partial charge in [0.25, 0.3) is 0 Å². The molecule has 1 N–H and O–H groups in total. The number of ether oxygens (including phenoxy) is 1. The Bertz CT molecular complexity index is 751. The Morgan fingerprint density at radius 1 is 1.24 bits per heavy atom. The van der Waals surface area contributed by atoms with Crippen molar-refractivity contribution in [3.63, 3.8) is 0 Å². The maximum atomic E-state index is 5.46. The summed E-state index contributed by atoms with van der Waals surface area (Å²) in [6.45, 7) is 5.28. The van der Waals surface area contributed by atoms with Gasteiger partial charge in [0.15, 0.2) is 5.96 Å². The van der Waals surface area contributed by atoms with E-state index in [0.717, 1.165) is 57.5 Å². The number of hydrogen-bond donors (Lipinski definition) is 1. The summed E-state index contributed by atoms with van der Waals surface area (Å²) in [6, 6.07) is 12.5. The van der Waals surface area contributed by atoms with Gasteiger partial charge in [-0.1, -0.05) is 24.3 Å². The Kier molecular flexibility index (Phi) is 9.96. The standard InChI is InChI=1S/C22H32N4O2.HI/c1-23-22(26-11-10-18(14-26)17-27-3)24-13-19-7-4-5-8-20(19)15-25(2)16-21-9-6-12-28-21;/h4-9,12,18H,10-11,13-17H2,1-3H3,(H,23,24);1H.